The Kier molecular flexibility index (Phi) is 5.70. The number of carbonyl (C=O) groups is 1. The van der Waals surface area contributed by atoms with Crippen molar-refractivity contribution in [1.82, 2.24) is 0 Å². The number of epoxide rings is 1. The van der Waals surface area contributed by atoms with Crippen molar-refractivity contribution in [1.29, 1.82) is 0 Å². The number of hydrogen-bond acceptors (Lipinski definition) is 4. The Morgan fingerprint density at radius 1 is 1.52 bits per heavy atom. The maximum absolute atomic E-state index is 13.5. The van der Waals surface area contributed by atoms with E-state index in [1.807, 2.05) is 6.92 Å². The van der Waals surface area contributed by atoms with Crippen molar-refractivity contribution in [2.75, 3.05) is 19.8 Å². The van der Waals surface area contributed by atoms with Gasteiger partial charge in [-0.1, -0.05) is 6.07 Å². The van der Waals surface area contributed by atoms with Gasteiger partial charge < -0.3 is 14.2 Å². The lowest BCUT2D eigenvalue weighted by molar-refractivity contribution is -0.143. The lowest BCUT2D eigenvalue weighted by atomic mass is 9.99. The normalized spacial score (nSPS) is 18.3. The molecule has 2 rings (SSSR count). The first-order valence-electron chi connectivity index (χ1n) is 7.27. The van der Waals surface area contributed by atoms with Crippen LogP contribution in [0.1, 0.15) is 37.5 Å². The van der Waals surface area contributed by atoms with Crippen LogP contribution in [-0.2, 0) is 25.4 Å². The van der Waals surface area contributed by atoms with E-state index in [1.165, 1.54) is 12.1 Å². The molecule has 1 fully saturated rings. The molecule has 0 amide bonds. The van der Waals surface area contributed by atoms with Crippen molar-refractivity contribution in [3.8, 4) is 0 Å². The number of carbonyl (C=O) groups excluding carboxylic acids is 1. The Labute approximate surface area is 124 Å². The van der Waals surface area contributed by atoms with Crippen molar-refractivity contribution in [3.05, 3.63) is 35.1 Å². The minimum Gasteiger partial charge on any atom is -0.466 e. The quantitative estimate of drug-likeness (QED) is 0.547. The summed E-state index contributed by atoms with van der Waals surface area (Å²) < 4.78 is 29.2. The third-order valence-electron chi connectivity index (χ3n) is 3.38. The van der Waals surface area contributed by atoms with Crippen LogP contribution in [0.15, 0.2) is 18.2 Å². The van der Waals surface area contributed by atoms with Crippen LogP contribution in [0, 0.1) is 5.82 Å². The fraction of sp³-hybridized carbons (Fsp3) is 0.562. The highest BCUT2D eigenvalue weighted by molar-refractivity contribution is 5.69. The maximum atomic E-state index is 13.5. The van der Waals surface area contributed by atoms with Gasteiger partial charge in [-0.2, -0.15) is 0 Å². The number of aryl methyl sites for hydroxylation is 1. The molecule has 1 heterocycles. The van der Waals surface area contributed by atoms with E-state index in [2.05, 4.69) is 0 Å². The van der Waals surface area contributed by atoms with Crippen LogP contribution in [0.5, 0.6) is 0 Å². The van der Waals surface area contributed by atoms with E-state index in [1.54, 1.807) is 13.0 Å². The summed E-state index contributed by atoms with van der Waals surface area (Å²) in [6.07, 6.45) is 0.735. The molecule has 1 aliphatic rings. The molecule has 0 unspecified atom stereocenters. The molecule has 2 atom stereocenters. The highest BCUT2D eigenvalue weighted by atomic mass is 19.1. The summed E-state index contributed by atoms with van der Waals surface area (Å²) in [6.45, 7) is 5.26. The van der Waals surface area contributed by atoms with E-state index in [4.69, 9.17) is 14.2 Å². The zero-order valence-electron chi connectivity index (χ0n) is 12.4. The van der Waals surface area contributed by atoms with Crippen molar-refractivity contribution >= 4 is 5.97 Å². The summed E-state index contributed by atoms with van der Waals surface area (Å²) in [5, 5.41) is 0. The van der Waals surface area contributed by atoms with Crippen LogP contribution in [0.3, 0.4) is 0 Å². The molecule has 0 bridgehead atoms. The first-order chi connectivity index (χ1) is 10.1. The zero-order valence-corrected chi connectivity index (χ0v) is 12.4. The third-order valence-corrected chi connectivity index (χ3v) is 3.38. The van der Waals surface area contributed by atoms with Crippen LogP contribution in [0.4, 0.5) is 4.39 Å². The maximum Gasteiger partial charge on any atom is 0.306 e. The second kappa shape index (κ2) is 7.52. The summed E-state index contributed by atoms with van der Waals surface area (Å²) in [4.78, 5) is 11.4. The van der Waals surface area contributed by atoms with Gasteiger partial charge in [0.25, 0.3) is 0 Å². The number of hydrogen-bond donors (Lipinski definition) is 0. The molecule has 0 spiro atoms. The van der Waals surface area contributed by atoms with Crippen molar-refractivity contribution in [2.45, 2.75) is 38.9 Å². The first-order valence-corrected chi connectivity index (χ1v) is 7.27. The minimum absolute atomic E-state index is 0.170. The molecular formula is C16H21FO4. The van der Waals surface area contributed by atoms with Gasteiger partial charge in [0.2, 0.25) is 0 Å². The monoisotopic (exact) mass is 296 g/mol. The van der Waals surface area contributed by atoms with Crippen LogP contribution in [0.2, 0.25) is 0 Å². The van der Waals surface area contributed by atoms with Crippen LogP contribution >= 0.6 is 0 Å². The molecule has 0 saturated carbocycles. The zero-order chi connectivity index (χ0) is 15.2. The van der Waals surface area contributed by atoms with Gasteiger partial charge in [-0.05, 0) is 43.5 Å². The topological polar surface area (TPSA) is 48.1 Å². The second-order valence-electron chi connectivity index (χ2n) is 5.08. The number of halogens is 1. The van der Waals surface area contributed by atoms with Crippen LogP contribution in [-0.4, -0.2) is 31.9 Å². The molecule has 116 valence electrons. The average Bonchev–Trinajstić information content (AvgIpc) is 3.28. The van der Waals surface area contributed by atoms with Gasteiger partial charge in [0.15, 0.2) is 0 Å². The molecule has 21 heavy (non-hydrogen) atoms. The lowest BCUT2D eigenvalue weighted by Gasteiger charge is -2.17. The van der Waals surface area contributed by atoms with Crippen LogP contribution in [0.25, 0.3) is 0 Å². The van der Waals surface area contributed by atoms with Crippen molar-refractivity contribution in [2.24, 2.45) is 0 Å². The van der Waals surface area contributed by atoms with Gasteiger partial charge in [0.1, 0.15) is 11.9 Å². The fourth-order valence-electron chi connectivity index (χ4n) is 2.15. The van der Waals surface area contributed by atoms with Gasteiger partial charge in [-0.15, -0.1) is 0 Å². The SMILES string of the molecule is CCOC(=O)CCc1ccc(F)cc1[C@@H](C)OC[C@H]1CO1. The second-order valence-corrected chi connectivity index (χ2v) is 5.08. The van der Waals surface area contributed by atoms with E-state index in [-0.39, 0.29) is 30.4 Å². The van der Waals surface area contributed by atoms with Gasteiger partial charge in [0, 0.05) is 6.42 Å². The Balaban J connectivity index is 1.99. The highest BCUT2D eigenvalue weighted by Crippen LogP contribution is 2.25. The fourth-order valence-corrected chi connectivity index (χ4v) is 2.15. The largest absolute Gasteiger partial charge is 0.466 e. The molecular weight excluding hydrogens is 275 g/mol. The number of ether oxygens (including phenoxy) is 3. The van der Waals surface area contributed by atoms with Gasteiger partial charge in [-0.25, -0.2) is 4.39 Å². The molecule has 0 aromatic heterocycles. The summed E-state index contributed by atoms with van der Waals surface area (Å²) in [6, 6.07) is 4.58. The Morgan fingerprint density at radius 2 is 2.29 bits per heavy atom. The molecule has 1 aromatic rings. The molecule has 4 nitrogen and oxygen atoms in total. The molecule has 0 N–H and O–H groups in total. The standard InChI is InChI=1S/C16H21FO4/c1-3-19-16(18)7-5-12-4-6-13(17)8-15(12)11(2)20-9-14-10-21-14/h4,6,8,11,14H,3,5,7,9-10H2,1-2H3/t11-,14+/m1/s1. The molecule has 1 aliphatic heterocycles. The summed E-state index contributed by atoms with van der Waals surface area (Å²) >= 11 is 0. The molecule has 0 aliphatic carbocycles. The Bertz CT molecular complexity index is 485. The van der Waals surface area contributed by atoms with Crippen LogP contribution < -0.4 is 0 Å². The number of esters is 1. The van der Waals surface area contributed by atoms with E-state index in [9.17, 15) is 9.18 Å². The van der Waals surface area contributed by atoms with Crippen molar-refractivity contribution < 1.29 is 23.4 Å². The summed E-state index contributed by atoms with van der Waals surface area (Å²) in [7, 11) is 0. The van der Waals surface area contributed by atoms with E-state index in [0.29, 0.717) is 19.6 Å². The summed E-state index contributed by atoms with van der Waals surface area (Å²) in [5.74, 6) is -0.546. The predicted octanol–water partition coefficient (Wildman–Crippen LogP) is 2.80. The Morgan fingerprint density at radius 3 is 2.95 bits per heavy atom. The smallest absolute Gasteiger partial charge is 0.306 e. The van der Waals surface area contributed by atoms with E-state index < -0.39 is 0 Å². The number of benzene rings is 1. The molecule has 1 saturated heterocycles. The van der Waals surface area contributed by atoms with Gasteiger partial charge in [0.05, 0.1) is 25.9 Å². The van der Waals surface area contributed by atoms with Gasteiger partial charge in [-0.3, -0.25) is 4.79 Å². The molecule has 0 radical (unpaired) electrons. The lowest BCUT2D eigenvalue weighted by Crippen LogP contribution is -2.10. The predicted molar refractivity (Wildman–Crippen MR) is 75.5 cm³/mol. The molecule has 1 aromatic carbocycles. The minimum atomic E-state index is -0.303. The summed E-state index contributed by atoms with van der Waals surface area (Å²) in [5.41, 5.74) is 1.69. The third kappa shape index (κ3) is 5.10. The van der Waals surface area contributed by atoms with E-state index >= 15 is 0 Å². The average molecular weight is 296 g/mol. The number of rotatable bonds is 8. The van der Waals surface area contributed by atoms with E-state index in [0.717, 1.165) is 17.7 Å². The molecule has 5 heteroatoms. The first kappa shape index (κ1) is 15.9. The highest BCUT2D eigenvalue weighted by Gasteiger charge is 2.24. The van der Waals surface area contributed by atoms with Crippen molar-refractivity contribution in [3.63, 3.8) is 0 Å². The Hall–Kier alpha value is -1.46. The van der Waals surface area contributed by atoms with Gasteiger partial charge >= 0.3 is 5.97 Å².